The number of carbonyl (C=O) groups excluding carboxylic acids is 1. The Hall–Kier alpha value is -1.91. The lowest BCUT2D eigenvalue weighted by atomic mass is 9.45. The van der Waals surface area contributed by atoms with Crippen molar-refractivity contribution < 1.29 is 28.9 Å². The number of rotatable bonds is 7. The molecule has 0 aromatic carbocycles. The zero-order chi connectivity index (χ0) is 26.3. The standard InChI is InChI=1S/C30H43NO6/c1-17(2)13-19-5-6-20-21-7-9-25-23-15-35-16-30(25,24(21)10-8-22(20)27(19)29(33)34)14-26(37-18(3)32)28(23)36-12-4-11-31/h10,17,19-23,25-28H,4-9,12-16H2,1-3H3,(H,33,34)/t19?,20?,21?,22?,23?,25?,26-,27?,28-,30+/m1/s1. The van der Waals surface area contributed by atoms with Gasteiger partial charge < -0.3 is 19.3 Å². The maximum atomic E-state index is 12.5. The molecule has 0 aromatic rings. The Morgan fingerprint density at radius 2 is 2.03 bits per heavy atom. The molecule has 3 saturated carbocycles. The lowest BCUT2D eigenvalue weighted by Gasteiger charge is -2.63. The third-order valence-electron chi connectivity index (χ3n) is 10.4. The summed E-state index contributed by atoms with van der Waals surface area (Å²) in [6.07, 6.45) is 8.83. The minimum Gasteiger partial charge on any atom is -0.481 e. The summed E-state index contributed by atoms with van der Waals surface area (Å²) in [6, 6.07) is 2.15. The summed E-state index contributed by atoms with van der Waals surface area (Å²) in [6.45, 7) is 7.40. The number of nitriles is 1. The first-order chi connectivity index (χ1) is 17.8. The van der Waals surface area contributed by atoms with Crippen LogP contribution in [0.25, 0.3) is 0 Å². The Balaban J connectivity index is 1.46. The van der Waals surface area contributed by atoms with E-state index in [0.29, 0.717) is 56.3 Å². The van der Waals surface area contributed by atoms with Gasteiger partial charge in [0.05, 0.1) is 44.3 Å². The molecule has 1 aliphatic heterocycles. The van der Waals surface area contributed by atoms with Crippen LogP contribution in [-0.4, -0.2) is 49.1 Å². The molecule has 5 aliphatic rings. The van der Waals surface area contributed by atoms with Crippen LogP contribution in [0.3, 0.4) is 0 Å². The molecule has 1 N–H and O–H groups in total. The molecule has 5 rings (SSSR count). The van der Waals surface area contributed by atoms with Crippen molar-refractivity contribution in [2.24, 2.45) is 52.8 Å². The van der Waals surface area contributed by atoms with E-state index >= 15 is 0 Å². The molecule has 37 heavy (non-hydrogen) atoms. The number of hydrogen-bond acceptors (Lipinski definition) is 6. The van der Waals surface area contributed by atoms with E-state index in [2.05, 4.69) is 26.0 Å². The van der Waals surface area contributed by atoms with Gasteiger partial charge >= 0.3 is 11.9 Å². The van der Waals surface area contributed by atoms with Crippen molar-refractivity contribution in [3.8, 4) is 6.07 Å². The molecule has 7 heteroatoms. The quantitative estimate of drug-likeness (QED) is 0.290. The summed E-state index contributed by atoms with van der Waals surface area (Å²) in [5.41, 5.74) is 1.27. The van der Waals surface area contributed by atoms with Gasteiger partial charge in [-0.25, -0.2) is 0 Å². The van der Waals surface area contributed by atoms with E-state index in [1.807, 2.05) is 0 Å². The molecule has 0 radical (unpaired) electrons. The van der Waals surface area contributed by atoms with Gasteiger partial charge in [-0.1, -0.05) is 25.5 Å². The molecule has 7 unspecified atom stereocenters. The Kier molecular flexibility index (Phi) is 7.71. The van der Waals surface area contributed by atoms with Crippen molar-refractivity contribution in [3.05, 3.63) is 11.6 Å². The normalized spacial score (nSPS) is 42.5. The van der Waals surface area contributed by atoms with Gasteiger partial charge in [0.25, 0.3) is 0 Å². The number of fused-ring (bicyclic) bond motifs is 3. The van der Waals surface area contributed by atoms with E-state index in [1.165, 1.54) is 12.5 Å². The number of carboxylic acid groups (broad SMARTS) is 1. The van der Waals surface area contributed by atoms with Gasteiger partial charge in [0, 0.05) is 18.3 Å². The Labute approximate surface area is 220 Å². The van der Waals surface area contributed by atoms with Crippen molar-refractivity contribution in [2.75, 3.05) is 19.8 Å². The second kappa shape index (κ2) is 10.7. The van der Waals surface area contributed by atoms with Crippen LogP contribution >= 0.6 is 0 Å². The van der Waals surface area contributed by atoms with Gasteiger partial charge in [-0.3, -0.25) is 9.59 Å². The first kappa shape index (κ1) is 26.7. The molecule has 1 heterocycles. The third kappa shape index (κ3) is 4.74. The van der Waals surface area contributed by atoms with Crippen molar-refractivity contribution in [2.45, 2.75) is 84.3 Å². The number of esters is 1. The second-order valence-electron chi connectivity index (χ2n) is 12.8. The summed E-state index contributed by atoms with van der Waals surface area (Å²) in [4.78, 5) is 24.6. The van der Waals surface area contributed by atoms with Crippen LogP contribution in [0.15, 0.2) is 11.6 Å². The van der Waals surface area contributed by atoms with Crippen LogP contribution < -0.4 is 0 Å². The molecule has 2 bridgehead atoms. The van der Waals surface area contributed by atoms with Gasteiger partial charge in [0.15, 0.2) is 0 Å². The molecule has 7 nitrogen and oxygen atoms in total. The summed E-state index contributed by atoms with van der Waals surface area (Å²) in [5, 5.41) is 19.3. The fourth-order valence-corrected chi connectivity index (χ4v) is 9.43. The van der Waals surface area contributed by atoms with Crippen molar-refractivity contribution >= 4 is 11.9 Å². The molecule has 4 aliphatic carbocycles. The van der Waals surface area contributed by atoms with Crippen LogP contribution in [0.1, 0.15) is 72.1 Å². The number of hydrogen-bond donors (Lipinski definition) is 1. The van der Waals surface area contributed by atoms with E-state index < -0.39 is 5.97 Å². The van der Waals surface area contributed by atoms with Crippen LogP contribution in [0, 0.1) is 64.1 Å². The molecule has 0 aromatic heterocycles. The van der Waals surface area contributed by atoms with Crippen molar-refractivity contribution in [1.82, 2.24) is 0 Å². The topological polar surface area (TPSA) is 106 Å². The summed E-state index contributed by atoms with van der Waals surface area (Å²) in [7, 11) is 0. The third-order valence-corrected chi connectivity index (χ3v) is 10.4. The van der Waals surface area contributed by atoms with E-state index in [-0.39, 0.29) is 47.3 Å². The molecule has 0 amide bonds. The first-order valence-electron chi connectivity index (χ1n) is 14.4. The number of allylic oxidation sites excluding steroid dienone is 1. The predicted octanol–water partition coefficient (Wildman–Crippen LogP) is 5.00. The Morgan fingerprint density at radius 3 is 2.73 bits per heavy atom. The van der Waals surface area contributed by atoms with Gasteiger partial charge in [0.2, 0.25) is 0 Å². The smallest absolute Gasteiger partial charge is 0.307 e. The predicted molar refractivity (Wildman–Crippen MR) is 136 cm³/mol. The fraction of sp³-hybridized carbons (Fsp3) is 0.833. The molecule has 0 spiro atoms. The maximum Gasteiger partial charge on any atom is 0.307 e. The Bertz CT molecular complexity index is 954. The molecule has 4 fully saturated rings. The van der Waals surface area contributed by atoms with E-state index in [4.69, 9.17) is 19.5 Å². The second-order valence-corrected chi connectivity index (χ2v) is 12.8. The van der Waals surface area contributed by atoms with Gasteiger partial charge in [-0.05, 0) is 80.5 Å². The minimum atomic E-state index is -0.616. The number of ether oxygens (including phenoxy) is 3. The summed E-state index contributed by atoms with van der Waals surface area (Å²) < 4.78 is 18.4. The van der Waals surface area contributed by atoms with E-state index in [9.17, 15) is 14.7 Å². The zero-order valence-electron chi connectivity index (χ0n) is 22.6. The number of carbonyl (C=O) groups is 2. The van der Waals surface area contributed by atoms with Crippen LogP contribution in [0.2, 0.25) is 0 Å². The average molecular weight is 514 g/mol. The number of aliphatic carboxylic acids is 1. The monoisotopic (exact) mass is 513 g/mol. The fourth-order valence-electron chi connectivity index (χ4n) is 9.43. The molecular weight excluding hydrogens is 470 g/mol. The van der Waals surface area contributed by atoms with Crippen LogP contribution in [0.4, 0.5) is 0 Å². The average Bonchev–Trinajstić information content (AvgIpc) is 2.83. The highest BCUT2D eigenvalue weighted by Crippen LogP contribution is 2.64. The van der Waals surface area contributed by atoms with Crippen LogP contribution in [0.5, 0.6) is 0 Å². The SMILES string of the molecule is CC(=O)O[C@@H]1C[C@@]23COCC(C2CCC2C3=CCC3C2CCC(CC(C)C)C3C(=O)O)[C@H]1OCCC#N. The highest BCUT2D eigenvalue weighted by Gasteiger charge is 2.63. The number of carboxylic acids is 1. The molecule has 10 atom stereocenters. The van der Waals surface area contributed by atoms with E-state index in [0.717, 1.165) is 38.5 Å². The van der Waals surface area contributed by atoms with Crippen molar-refractivity contribution in [3.63, 3.8) is 0 Å². The Morgan fingerprint density at radius 1 is 1.22 bits per heavy atom. The first-order valence-corrected chi connectivity index (χ1v) is 14.4. The highest BCUT2D eigenvalue weighted by atomic mass is 16.6. The minimum absolute atomic E-state index is 0.124. The van der Waals surface area contributed by atoms with Gasteiger partial charge in [-0.2, -0.15) is 5.26 Å². The summed E-state index contributed by atoms with van der Waals surface area (Å²) >= 11 is 0. The summed E-state index contributed by atoms with van der Waals surface area (Å²) in [5.74, 6) is 1.10. The molecule has 1 saturated heterocycles. The lowest BCUT2D eigenvalue weighted by Crippen LogP contribution is -2.64. The molecule has 204 valence electrons. The van der Waals surface area contributed by atoms with E-state index in [1.54, 1.807) is 0 Å². The molecular formula is C30H43NO6. The number of nitrogens with zero attached hydrogens (tertiary/aromatic N) is 1. The maximum absolute atomic E-state index is 12.5. The zero-order valence-corrected chi connectivity index (χ0v) is 22.6. The van der Waals surface area contributed by atoms with Gasteiger partial charge in [-0.15, -0.1) is 0 Å². The van der Waals surface area contributed by atoms with Gasteiger partial charge in [0.1, 0.15) is 6.10 Å². The lowest BCUT2D eigenvalue weighted by molar-refractivity contribution is -0.224. The highest BCUT2D eigenvalue weighted by molar-refractivity contribution is 5.71. The van der Waals surface area contributed by atoms with Crippen molar-refractivity contribution in [1.29, 1.82) is 5.26 Å². The van der Waals surface area contributed by atoms with Crippen LogP contribution in [-0.2, 0) is 23.8 Å². The largest absolute Gasteiger partial charge is 0.481 e.